The van der Waals surface area contributed by atoms with Crippen LogP contribution in [0.3, 0.4) is 0 Å². The highest BCUT2D eigenvalue weighted by Gasteiger charge is 2.15. The number of benzene rings is 1. The molecule has 2 N–H and O–H groups in total. The normalized spacial score (nSPS) is 11.5. The van der Waals surface area contributed by atoms with Crippen molar-refractivity contribution in [3.8, 4) is 0 Å². The number of amides is 2. The molecule has 2 heterocycles. The topological polar surface area (TPSA) is 102 Å². The summed E-state index contributed by atoms with van der Waals surface area (Å²) in [5.74, 6) is 0. The van der Waals surface area contributed by atoms with E-state index in [-0.39, 0.29) is 19.3 Å². The number of aromatic nitrogens is 2. The van der Waals surface area contributed by atoms with Crippen LogP contribution < -0.4 is 10.6 Å². The van der Waals surface area contributed by atoms with E-state index in [0.29, 0.717) is 25.8 Å². The highest BCUT2D eigenvalue weighted by molar-refractivity contribution is 7.09. The first-order valence-electron chi connectivity index (χ1n) is 9.81. The van der Waals surface area contributed by atoms with Gasteiger partial charge in [0.1, 0.15) is 13.2 Å². The minimum atomic E-state index is -0.468. The highest BCUT2D eigenvalue weighted by Crippen LogP contribution is 2.10. The number of hydrogen-bond donors (Lipinski definition) is 2. The number of carbonyl (C=O) groups is 2. The van der Waals surface area contributed by atoms with Gasteiger partial charge in [0.2, 0.25) is 0 Å². The quantitative estimate of drug-likeness (QED) is 0.417. The molecule has 2 aromatic heterocycles. The number of thiazole rings is 2. The van der Waals surface area contributed by atoms with Crippen LogP contribution in [0.5, 0.6) is 0 Å². The van der Waals surface area contributed by atoms with Crippen LogP contribution in [0.25, 0.3) is 0 Å². The van der Waals surface area contributed by atoms with Crippen LogP contribution in [0.4, 0.5) is 9.59 Å². The molecule has 0 saturated carbocycles. The first-order chi connectivity index (χ1) is 15.2. The molecule has 0 radical (unpaired) electrons. The van der Waals surface area contributed by atoms with Gasteiger partial charge in [-0.05, 0) is 24.8 Å². The van der Waals surface area contributed by atoms with Gasteiger partial charge in [-0.3, -0.25) is 9.97 Å². The molecule has 1 aromatic carbocycles. The summed E-state index contributed by atoms with van der Waals surface area (Å²) in [7, 11) is 0. The van der Waals surface area contributed by atoms with Gasteiger partial charge < -0.3 is 20.1 Å². The summed E-state index contributed by atoms with van der Waals surface area (Å²) in [6.45, 7) is 0.854. The van der Waals surface area contributed by atoms with E-state index in [0.717, 1.165) is 15.3 Å². The summed E-state index contributed by atoms with van der Waals surface area (Å²) in [6, 6.07) is 9.81. The molecule has 1 atom stereocenters. The van der Waals surface area contributed by atoms with E-state index in [1.54, 1.807) is 23.4 Å². The Morgan fingerprint density at radius 2 is 1.58 bits per heavy atom. The monoisotopic (exact) mass is 460 g/mol. The van der Waals surface area contributed by atoms with E-state index in [9.17, 15) is 9.59 Å². The van der Waals surface area contributed by atoms with Gasteiger partial charge in [-0.2, -0.15) is 0 Å². The zero-order valence-corrected chi connectivity index (χ0v) is 18.5. The lowest BCUT2D eigenvalue weighted by atomic mass is 10.0. The van der Waals surface area contributed by atoms with Gasteiger partial charge >= 0.3 is 12.2 Å². The Bertz CT molecular complexity index is 905. The van der Waals surface area contributed by atoms with Crippen molar-refractivity contribution in [2.75, 3.05) is 6.54 Å². The summed E-state index contributed by atoms with van der Waals surface area (Å²) in [5.41, 5.74) is 4.51. The van der Waals surface area contributed by atoms with E-state index in [2.05, 4.69) is 20.6 Å². The summed E-state index contributed by atoms with van der Waals surface area (Å²) in [4.78, 5) is 33.7. The van der Waals surface area contributed by atoms with E-state index >= 15 is 0 Å². The largest absolute Gasteiger partial charge is 0.444 e. The standard InChI is InChI=1S/C21H24N4O4S2/c26-20(28-12-18-10-22-14-30-18)24-8-4-7-17(9-16-5-2-1-3-6-16)25-21(27)29-13-19-11-23-15-31-19/h1-3,5-6,10-11,14-15,17H,4,7-9,12-13H2,(H,24,26)(H,25,27)/t17-/m0/s1. The number of ether oxygens (including phenoxy) is 2. The summed E-state index contributed by atoms with van der Waals surface area (Å²) in [5, 5.41) is 5.67. The zero-order valence-electron chi connectivity index (χ0n) is 16.9. The third kappa shape index (κ3) is 8.73. The Morgan fingerprint density at radius 1 is 0.935 bits per heavy atom. The van der Waals surface area contributed by atoms with Crippen molar-refractivity contribution < 1.29 is 19.1 Å². The molecule has 0 bridgehead atoms. The Morgan fingerprint density at radius 3 is 2.19 bits per heavy atom. The number of alkyl carbamates (subject to hydrolysis) is 2. The lowest BCUT2D eigenvalue weighted by Crippen LogP contribution is -2.37. The first-order valence-corrected chi connectivity index (χ1v) is 11.6. The third-order valence-electron chi connectivity index (χ3n) is 4.30. The number of nitrogens with one attached hydrogen (secondary N) is 2. The molecule has 164 valence electrons. The van der Waals surface area contributed by atoms with Crippen molar-refractivity contribution >= 4 is 34.9 Å². The highest BCUT2D eigenvalue weighted by atomic mass is 32.1. The molecule has 2 amide bonds. The lowest BCUT2D eigenvalue weighted by Gasteiger charge is -2.19. The van der Waals surface area contributed by atoms with Crippen LogP contribution in [0.15, 0.2) is 53.7 Å². The second-order valence-corrected chi connectivity index (χ2v) is 8.63. The number of rotatable bonds is 11. The van der Waals surface area contributed by atoms with Crippen molar-refractivity contribution in [3.63, 3.8) is 0 Å². The Kier molecular flexibility index (Phi) is 9.27. The molecule has 8 nitrogen and oxygen atoms in total. The summed E-state index contributed by atoms with van der Waals surface area (Å²) >= 11 is 2.87. The minimum Gasteiger partial charge on any atom is -0.444 e. The number of hydrogen-bond acceptors (Lipinski definition) is 8. The van der Waals surface area contributed by atoms with Gasteiger partial charge in [0, 0.05) is 25.0 Å². The molecule has 0 aliphatic carbocycles. The van der Waals surface area contributed by atoms with Crippen molar-refractivity contribution in [1.82, 2.24) is 20.6 Å². The average molecular weight is 461 g/mol. The molecule has 3 aromatic rings. The lowest BCUT2D eigenvalue weighted by molar-refractivity contribution is 0.134. The van der Waals surface area contributed by atoms with E-state index in [1.807, 2.05) is 30.3 Å². The molecular weight excluding hydrogens is 436 g/mol. The molecule has 0 aliphatic heterocycles. The van der Waals surface area contributed by atoms with Gasteiger partial charge in [0.05, 0.1) is 20.8 Å². The Hall–Kier alpha value is -2.98. The van der Waals surface area contributed by atoms with Crippen LogP contribution >= 0.6 is 22.7 Å². The fourth-order valence-electron chi connectivity index (χ4n) is 2.82. The van der Waals surface area contributed by atoms with Crippen LogP contribution in [0.2, 0.25) is 0 Å². The van der Waals surface area contributed by atoms with Gasteiger partial charge in [-0.25, -0.2) is 9.59 Å². The molecule has 31 heavy (non-hydrogen) atoms. The van der Waals surface area contributed by atoms with Crippen molar-refractivity contribution in [3.05, 3.63) is 69.1 Å². The van der Waals surface area contributed by atoms with Gasteiger partial charge in [-0.1, -0.05) is 30.3 Å². The molecule has 0 fully saturated rings. The smallest absolute Gasteiger partial charge is 0.407 e. The molecule has 0 spiro atoms. The van der Waals surface area contributed by atoms with Crippen LogP contribution in [-0.4, -0.2) is 34.7 Å². The van der Waals surface area contributed by atoms with Crippen molar-refractivity contribution in [1.29, 1.82) is 0 Å². The van der Waals surface area contributed by atoms with Crippen LogP contribution in [0, 0.1) is 0 Å². The third-order valence-corrected chi connectivity index (χ3v) is 5.81. The van der Waals surface area contributed by atoms with Crippen molar-refractivity contribution in [2.24, 2.45) is 0 Å². The fourth-order valence-corrected chi connectivity index (χ4v) is 3.83. The minimum absolute atomic E-state index is 0.119. The molecular formula is C21H24N4O4S2. The van der Waals surface area contributed by atoms with Gasteiger partial charge in [0.25, 0.3) is 0 Å². The Balaban J connectivity index is 1.41. The second-order valence-electron chi connectivity index (χ2n) is 6.69. The second kappa shape index (κ2) is 12.7. The molecule has 3 rings (SSSR count). The van der Waals surface area contributed by atoms with E-state index in [4.69, 9.17) is 9.47 Å². The summed E-state index contributed by atoms with van der Waals surface area (Å²) in [6.07, 6.45) is 4.45. The van der Waals surface area contributed by atoms with Gasteiger partial charge in [0.15, 0.2) is 0 Å². The van der Waals surface area contributed by atoms with E-state index in [1.165, 1.54) is 22.7 Å². The maximum Gasteiger partial charge on any atom is 0.407 e. The zero-order chi connectivity index (χ0) is 21.7. The average Bonchev–Trinajstić information content (AvgIpc) is 3.49. The maximum absolute atomic E-state index is 12.2. The first kappa shape index (κ1) is 22.7. The number of carbonyl (C=O) groups excluding carboxylic acids is 2. The molecule has 0 unspecified atom stereocenters. The van der Waals surface area contributed by atoms with Crippen LogP contribution in [0.1, 0.15) is 28.2 Å². The van der Waals surface area contributed by atoms with E-state index < -0.39 is 12.2 Å². The molecule has 10 heteroatoms. The fraction of sp³-hybridized carbons (Fsp3) is 0.333. The van der Waals surface area contributed by atoms with Crippen molar-refractivity contribution in [2.45, 2.75) is 38.5 Å². The predicted molar refractivity (Wildman–Crippen MR) is 119 cm³/mol. The Labute approximate surface area is 188 Å². The molecule has 0 aliphatic rings. The predicted octanol–water partition coefficient (Wildman–Crippen LogP) is 4.14. The maximum atomic E-state index is 12.2. The molecule has 0 saturated heterocycles. The van der Waals surface area contributed by atoms with Crippen LogP contribution in [-0.2, 0) is 29.1 Å². The number of nitrogens with zero attached hydrogens (tertiary/aromatic N) is 2. The van der Waals surface area contributed by atoms with Gasteiger partial charge in [-0.15, -0.1) is 22.7 Å². The summed E-state index contributed by atoms with van der Waals surface area (Å²) < 4.78 is 10.4. The SMILES string of the molecule is O=C(NCCC[C@@H](Cc1ccccc1)NC(=O)OCc1cncs1)OCc1cncs1.